The summed E-state index contributed by atoms with van der Waals surface area (Å²) >= 11 is 2.37. The molecule has 44 heavy (non-hydrogen) atoms. The number of ether oxygens (including phenoxy) is 2. The molecule has 5 rings (SSSR count). The van der Waals surface area contributed by atoms with E-state index in [1.165, 1.54) is 49.0 Å². The fraction of sp³-hybridized carbons (Fsp3) is 0.118. The summed E-state index contributed by atoms with van der Waals surface area (Å²) in [5.41, 5.74) is 5.61. The Kier molecular flexibility index (Phi) is 9.03. The molecule has 2 N–H and O–H groups in total. The number of hydrogen-bond donors (Lipinski definition) is 2. The number of esters is 2. The van der Waals surface area contributed by atoms with Crippen LogP contribution in [0.3, 0.4) is 0 Å². The number of amides is 2. The van der Waals surface area contributed by atoms with Crippen LogP contribution in [0.4, 0.5) is 10.0 Å². The van der Waals surface area contributed by atoms with Gasteiger partial charge in [-0.2, -0.15) is 0 Å². The van der Waals surface area contributed by atoms with Gasteiger partial charge in [0.2, 0.25) is 0 Å². The van der Waals surface area contributed by atoms with E-state index in [9.17, 15) is 19.2 Å². The summed E-state index contributed by atoms with van der Waals surface area (Å²) < 4.78 is 10.1. The zero-order valence-corrected chi connectivity index (χ0v) is 26.0. The minimum absolute atomic E-state index is 0.0843. The number of thiophene rings is 2. The van der Waals surface area contributed by atoms with E-state index in [0.29, 0.717) is 21.1 Å². The van der Waals surface area contributed by atoms with Crippen LogP contribution in [0.25, 0.3) is 22.3 Å². The van der Waals surface area contributed by atoms with Crippen molar-refractivity contribution in [3.63, 3.8) is 0 Å². The summed E-state index contributed by atoms with van der Waals surface area (Å²) in [6.45, 7) is 3.94. The molecule has 222 valence electrons. The molecule has 10 heteroatoms. The number of carbonyl (C=O) groups is 4. The van der Waals surface area contributed by atoms with E-state index < -0.39 is 23.8 Å². The van der Waals surface area contributed by atoms with Crippen molar-refractivity contribution in [3.8, 4) is 22.3 Å². The van der Waals surface area contributed by atoms with Crippen LogP contribution < -0.4 is 10.6 Å². The number of nitrogens with one attached hydrogen (secondary N) is 2. The average molecular weight is 625 g/mol. The van der Waals surface area contributed by atoms with Gasteiger partial charge in [0.1, 0.15) is 21.1 Å². The van der Waals surface area contributed by atoms with Crippen molar-refractivity contribution in [3.05, 3.63) is 117 Å². The number of aryl methyl sites for hydroxylation is 2. The van der Waals surface area contributed by atoms with Crippen LogP contribution in [-0.2, 0) is 9.47 Å². The molecule has 3 aromatic carbocycles. The van der Waals surface area contributed by atoms with Gasteiger partial charge in [0.15, 0.2) is 0 Å². The van der Waals surface area contributed by atoms with E-state index in [4.69, 9.17) is 9.47 Å². The summed E-state index contributed by atoms with van der Waals surface area (Å²) in [4.78, 5) is 52.8. The Morgan fingerprint density at radius 2 is 0.932 bits per heavy atom. The molecule has 0 atom stereocenters. The Bertz CT molecular complexity index is 1730. The quantitative estimate of drug-likeness (QED) is 0.170. The summed E-state index contributed by atoms with van der Waals surface area (Å²) in [5, 5.41) is 9.74. The maximum Gasteiger partial charge on any atom is 0.341 e. The highest BCUT2D eigenvalue weighted by atomic mass is 32.1. The minimum Gasteiger partial charge on any atom is -0.465 e. The number of methoxy groups -OCH3 is 2. The van der Waals surface area contributed by atoms with Crippen LogP contribution in [0.1, 0.15) is 52.6 Å². The van der Waals surface area contributed by atoms with Gasteiger partial charge >= 0.3 is 11.9 Å². The number of anilines is 2. The molecule has 0 spiro atoms. The Hall–Kier alpha value is -5.06. The lowest BCUT2D eigenvalue weighted by atomic mass is 10.0. The highest BCUT2D eigenvalue weighted by Crippen LogP contribution is 2.38. The van der Waals surface area contributed by atoms with Crippen molar-refractivity contribution in [2.24, 2.45) is 0 Å². The molecule has 5 aromatic rings. The van der Waals surface area contributed by atoms with E-state index in [0.717, 1.165) is 22.3 Å². The highest BCUT2D eigenvalue weighted by Gasteiger charge is 2.26. The first kappa shape index (κ1) is 30.4. The Balaban J connectivity index is 1.45. The van der Waals surface area contributed by atoms with Gasteiger partial charge in [-0.25, -0.2) is 9.59 Å². The molecule has 2 aromatic heterocycles. The molecule has 0 aliphatic heterocycles. The van der Waals surface area contributed by atoms with Gasteiger partial charge in [0.25, 0.3) is 11.8 Å². The maximum absolute atomic E-state index is 13.6. The molecule has 8 nitrogen and oxygen atoms in total. The summed E-state index contributed by atoms with van der Waals surface area (Å²) in [7, 11) is 2.56. The average Bonchev–Trinajstić information content (AvgIpc) is 3.65. The zero-order chi connectivity index (χ0) is 31.4. The van der Waals surface area contributed by atoms with Gasteiger partial charge in [0, 0.05) is 21.9 Å². The molecule has 0 aliphatic rings. The topological polar surface area (TPSA) is 111 Å². The zero-order valence-electron chi connectivity index (χ0n) is 24.3. The van der Waals surface area contributed by atoms with Crippen LogP contribution in [0, 0.1) is 13.8 Å². The first-order valence-electron chi connectivity index (χ1n) is 13.5. The molecule has 0 bridgehead atoms. The molecule has 2 heterocycles. The van der Waals surface area contributed by atoms with E-state index in [-0.39, 0.29) is 22.3 Å². The molecule has 0 fully saturated rings. The third kappa shape index (κ3) is 6.17. The second-order valence-corrected chi connectivity index (χ2v) is 11.6. The Labute approximate surface area is 262 Å². The number of benzene rings is 3. The predicted molar refractivity (Wildman–Crippen MR) is 174 cm³/mol. The molecular formula is C34H28N2O6S2. The van der Waals surface area contributed by atoms with Crippen LogP contribution in [-0.4, -0.2) is 38.0 Å². The number of rotatable bonds is 8. The van der Waals surface area contributed by atoms with Crippen molar-refractivity contribution in [2.75, 3.05) is 24.9 Å². The summed E-state index contributed by atoms with van der Waals surface area (Å²) in [5.74, 6) is -2.36. The third-order valence-electron chi connectivity index (χ3n) is 6.96. The smallest absolute Gasteiger partial charge is 0.341 e. The van der Waals surface area contributed by atoms with Crippen LogP contribution in [0.5, 0.6) is 0 Å². The second-order valence-electron chi connectivity index (χ2n) is 9.88. The molecule has 0 saturated heterocycles. The van der Waals surface area contributed by atoms with Gasteiger partial charge in [-0.3, -0.25) is 9.59 Å². The third-order valence-corrected chi connectivity index (χ3v) is 8.75. The minimum atomic E-state index is -0.597. The van der Waals surface area contributed by atoms with Gasteiger partial charge in [-0.15, -0.1) is 22.7 Å². The largest absolute Gasteiger partial charge is 0.465 e. The maximum atomic E-state index is 13.6. The first-order chi connectivity index (χ1) is 21.2. The molecule has 0 unspecified atom stereocenters. The molecular weight excluding hydrogens is 597 g/mol. The van der Waals surface area contributed by atoms with Crippen molar-refractivity contribution >= 4 is 56.4 Å². The van der Waals surface area contributed by atoms with E-state index in [1.807, 2.05) is 62.4 Å². The fourth-order valence-electron chi connectivity index (χ4n) is 4.62. The molecule has 2 amide bonds. The molecule has 0 saturated carbocycles. The standard InChI is InChI=1S/C34H28N2O6S2/c1-19-9-13-21(14-10-19)25-17-43-31(27(25)33(39)41-3)35-29(37)23-7-5-6-8-24(23)30(38)36-32-28(34(40)42-4)26(18-44-32)22-15-11-20(2)12-16-22/h5-18H,1-4H3,(H,35,37)(H,36,38). The monoisotopic (exact) mass is 624 g/mol. The Morgan fingerprint density at radius 3 is 1.27 bits per heavy atom. The van der Waals surface area contributed by atoms with Crippen molar-refractivity contribution in [1.29, 1.82) is 0 Å². The van der Waals surface area contributed by atoms with Crippen molar-refractivity contribution < 1.29 is 28.7 Å². The number of carbonyl (C=O) groups excluding carboxylic acids is 4. The highest BCUT2D eigenvalue weighted by molar-refractivity contribution is 7.15. The van der Waals surface area contributed by atoms with Gasteiger partial charge in [0.05, 0.1) is 25.3 Å². The lowest BCUT2D eigenvalue weighted by Crippen LogP contribution is -2.21. The molecule has 0 aliphatic carbocycles. The van der Waals surface area contributed by atoms with Crippen molar-refractivity contribution in [2.45, 2.75) is 13.8 Å². The van der Waals surface area contributed by atoms with Crippen LogP contribution >= 0.6 is 22.7 Å². The Morgan fingerprint density at radius 1 is 0.568 bits per heavy atom. The van der Waals surface area contributed by atoms with Gasteiger partial charge in [-0.1, -0.05) is 71.8 Å². The summed E-state index contributed by atoms with van der Waals surface area (Å²) in [6, 6.07) is 21.6. The predicted octanol–water partition coefficient (Wildman–Crippen LogP) is 7.84. The SMILES string of the molecule is COC(=O)c1c(-c2ccc(C)cc2)csc1NC(=O)c1ccccc1C(=O)Nc1scc(-c2ccc(C)cc2)c1C(=O)OC. The second kappa shape index (κ2) is 13.1. The van der Waals surface area contributed by atoms with Crippen LogP contribution in [0.2, 0.25) is 0 Å². The molecule has 0 radical (unpaired) electrons. The fourth-order valence-corrected chi connectivity index (χ4v) is 6.53. The lowest BCUT2D eigenvalue weighted by Gasteiger charge is -2.12. The lowest BCUT2D eigenvalue weighted by molar-refractivity contribution is 0.0594. The van der Waals surface area contributed by atoms with Crippen molar-refractivity contribution in [1.82, 2.24) is 0 Å². The first-order valence-corrected chi connectivity index (χ1v) is 15.2. The van der Waals surface area contributed by atoms with Gasteiger partial charge < -0.3 is 20.1 Å². The normalized spacial score (nSPS) is 10.6. The van der Waals surface area contributed by atoms with E-state index in [1.54, 1.807) is 22.9 Å². The van der Waals surface area contributed by atoms with Gasteiger partial charge in [-0.05, 0) is 37.1 Å². The van der Waals surface area contributed by atoms with Crippen LogP contribution in [0.15, 0.2) is 83.6 Å². The van der Waals surface area contributed by atoms with E-state index >= 15 is 0 Å². The number of hydrogen-bond acceptors (Lipinski definition) is 8. The summed E-state index contributed by atoms with van der Waals surface area (Å²) in [6.07, 6.45) is 0. The van der Waals surface area contributed by atoms with E-state index in [2.05, 4.69) is 10.6 Å².